The summed E-state index contributed by atoms with van der Waals surface area (Å²) in [6, 6.07) is 6.29. The van der Waals surface area contributed by atoms with Crippen LogP contribution in [0.5, 0.6) is 11.5 Å². The number of hydrogen-bond acceptors (Lipinski definition) is 4. The molecule has 6 heteroatoms. The van der Waals surface area contributed by atoms with E-state index in [4.69, 9.17) is 15.2 Å². The van der Waals surface area contributed by atoms with Crippen LogP contribution in [-0.2, 0) is 0 Å². The first-order valence-electron chi connectivity index (χ1n) is 8.06. The summed E-state index contributed by atoms with van der Waals surface area (Å²) in [5.74, 6) is 2.67. The standard InChI is InChI=1S/C17H28N4O2/c1-12(2)20-17(18)19-10-13-5-6-21(11-13)14-7-15(22-3)9-16(8-14)23-4/h7-9,12-13H,5-6,10-11H2,1-4H3,(H3,18,19,20). The number of hydrogen-bond donors (Lipinski definition) is 2. The van der Waals surface area contributed by atoms with Gasteiger partial charge < -0.3 is 25.4 Å². The average molecular weight is 320 g/mol. The van der Waals surface area contributed by atoms with Crippen LogP contribution in [0.2, 0.25) is 0 Å². The topological polar surface area (TPSA) is 72.1 Å². The molecule has 1 aromatic rings. The van der Waals surface area contributed by atoms with Crippen LogP contribution in [0.15, 0.2) is 23.2 Å². The monoisotopic (exact) mass is 320 g/mol. The largest absolute Gasteiger partial charge is 0.497 e. The molecule has 0 amide bonds. The SMILES string of the molecule is COc1cc(OC)cc(N2CCC(CN=C(N)NC(C)C)C2)c1. The molecule has 128 valence electrons. The van der Waals surface area contributed by atoms with Gasteiger partial charge in [0, 0.05) is 49.6 Å². The van der Waals surface area contributed by atoms with Gasteiger partial charge in [-0.15, -0.1) is 0 Å². The molecule has 1 saturated heterocycles. The van der Waals surface area contributed by atoms with Crippen LogP contribution < -0.4 is 25.4 Å². The zero-order valence-corrected chi connectivity index (χ0v) is 14.5. The predicted molar refractivity (Wildman–Crippen MR) is 94.6 cm³/mol. The van der Waals surface area contributed by atoms with E-state index in [0.717, 1.165) is 43.2 Å². The van der Waals surface area contributed by atoms with E-state index in [2.05, 4.69) is 29.1 Å². The van der Waals surface area contributed by atoms with Gasteiger partial charge in [-0.3, -0.25) is 4.99 Å². The number of benzene rings is 1. The lowest BCUT2D eigenvalue weighted by molar-refractivity contribution is 0.394. The van der Waals surface area contributed by atoms with Crippen LogP contribution >= 0.6 is 0 Å². The molecule has 1 aromatic carbocycles. The fourth-order valence-corrected chi connectivity index (χ4v) is 2.76. The average Bonchev–Trinajstić information content (AvgIpc) is 3.00. The van der Waals surface area contributed by atoms with Crippen LogP contribution in [0.4, 0.5) is 5.69 Å². The molecule has 0 saturated carbocycles. The Labute approximate surface area is 138 Å². The van der Waals surface area contributed by atoms with Crippen molar-refractivity contribution in [1.82, 2.24) is 5.32 Å². The molecule has 6 nitrogen and oxygen atoms in total. The summed E-state index contributed by atoms with van der Waals surface area (Å²) in [5.41, 5.74) is 6.99. The molecule has 23 heavy (non-hydrogen) atoms. The van der Waals surface area contributed by atoms with Gasteiger partial charge in [-0.1, -0.05) is 0 Å². The quantitative estimate of drug-likeness (QED) is 0.618. The molecule has 1 heterocycles. The van der Waals surface area contributed by atoms with E-state index in [1.807, 2.05) is 18.2 Å². The first-order chi connectivity index (χ1) is 11.0. The molecule has 1 aliphatic heterocycles. The van der Waals surface area contributed by atoms with Crippen molar-refractivity contribution < 1.29 is 9.47 Å². The van der Waals surface area contributed by atoms with Gasteiger partial charge in [0.15, 0.2) is 5.96 Å². The summed E-state index contributed by atoms with van der Waals surface area (Å²) in [7, 11) is 3.34. The highest BCUT2D eigenvalue weighted by atomic mass is 16.5. The van der Waals surface area contributed by atoms with Crippen molar-refractivity contribution in [1.29, 1.82) is 0 Å². The van der Waals surface area contributed by atoms with E-state index in [1.54, 1.807) is 14.2 Å². The molecule has 2 rings (SSSR count). The zero-order chi connectivity index (χ0) is 16.8. The number of guanidine groups is 1. The molecule has 3 N–H and O–H groups in total. The van der Waals surface area contributed by atoms with Crippen LogP contribution in [0.1, 0.15) is 20.3 Å². The number of nitrogens with one attached hydrogen (secondary N) is 1. The number of ether oxygens (including phenoxy) is 2. The molecular weight excluding hydrogens is 292 g/mol. The van der Waals surface area contributed by atoms with Crippen molar-refractivity contribution in [2.45, 2.75) is 26.3 Å². The van der Waals surface area contributed by atoms with Crippen molar-refractivity contribution in [2.75, 3.05) is 38.8 Å². The second-order valence-corrected chi connectivity index (χ2v) is 6.20. The van der Waals surface area contributed by atoms with Crippen LogP contribution in [0, 0.1) is 5.92 Å². The van der Waals surface area contributed by atoms with Gasteiger partial charge in [-0.25, -0.2) is 0 Å². The lowest BCUT2D eigenvalue weighted by Crippen LogP contribution is -2.37. The third-order valence-electron chi connectivity index (χ3n) is 3.94. The number of nitrogens with two attached hydrogens (primary N) is 1. The van der Waals surface area contributed by atoms with Crippen LogP contribution in [0.3, 0.4) is 0 Å². The van der Waals surface area contributed by atoms with Crippen LogP contribution in [-0.4, -0.2) is 45.9 Å². The maximum Gasteiger partial charge on any atom is 0.188 e. The maximum atomic E-state index is 5.87. The van der Waals surface area contributed by atoms with Crippen molar-refractivity contribution in [3.05, 3.63) is 18.2 Å². The second-order valence-electron chi connectivity index (χ2n) is 6.20. The molecule has 0 bridgehead atoms. The molecule has 0 aliphatic carbocycles. The third kappa shape index (κ3) is 4.94. The Balaban J connectivity index is 1.97. The Morgan fingerprint density at radius 3 is 2.52 bits per heavy atom. The van der Waals surface area contributed by atoms with Crippen molar-refractivity contribution >= 4 is 11.6 Å². The highest BCUT2D eigenvalue weighted by Crippen LogP contribution is 2.31. The number of aliphatic imine (C=N–C) groups is 1. The fourth-order valence-electron chi connectivity index (χ4n) is 2.76. The highest BCUT2D eigenvalue weighted by Gasteiger charge is 2.23. The smallest absolute Gasteiger partial charge is 0.188 e. The third-order valence-corrected chi connectivity index (χ3v) is 3.94. The summed E-state index contributed by atoms with van der Waals surface area (Å²) >= 11 is 0. The van der Waals surface area contributed by atoms with E-state index in [-0.39, 0.29) is 0 Å². The molecular formula is C17H28N4O2. The minimum absolute atomic E-state index is 0.308. The lowest BCUT2D eigenvalue weighted by Gasteiger charge is -2.20. The maximum absolute atomic E-state index is 5.87. The van der Waals surface area contributed by atoms with Gasteiger partial charge in [-0.2, -0.15) is 0 Å². The second kappa shape index (κ2) is 7.94. The van der Waals surface area contributed by atoms with Gasteiger partial charge in [0.25, 0.3) is 0 Å². The molecule has 1 atom stereocenters. The van der Waals surface area contributed by atoms with Crippen molar-refractivity contribution in [3.8, 4) is 11.5 Å². The molecule has 1 fully saturated rings. The van der Waals surface area contributed by atoms with E-state index in [9.17, 15) is 0 Å². The fraction of sp³-hybridized carbons (Fsp3) is 0.588. The number of methoxy groups -OCH3 is 2. The molecule has 0 radical (unpaired) electrons. The summed E-state index contributed by atoms with van der Waals surface area (Å²) in [6.07, 6.45) is 1.11. The first-order valence-corrected chi connectivity index (χ1v) is 8.06. The Kier molecular flexibility index (Phi) is 5.96. The summed E-state index contributed by atoms with van der Waals surface area (Å²) in [6.45, 7) is 6.83. The van der Waals surface area contributed by atoms with E-state index < -0.39 is 0 Å². The van der Waals surface area contributed by atoms with E-state index >= 15 is 0 Å². The van der Waals surface area contributed by atoms with Crippen LogP contribution in [0.25, 0.3) is 0 Å². The lowest BCUT2D eigenvalue weighted by atomic mass is 10.1. The summed E-state index contributed by atoms with van der Waals surface area (Å²) in [5, 5.41) is 3.12. The Morgan fingerprint density at radius 1 is 1.30 bits per heavy atom. The van der Waals surface area contributed by atoms with E-state index in [0.29, 0.717) is 17.9 Å². The minimum Gasteiger partial charge on any atom is -0.497 e. The molecule has 0 spiro atoms. The molecule has 1 aliphatic rings. The Hall–Kier alpha value is -2.11. The number of rotatable bonds is 6. The van der Waals surface area contributed by atoms with E-state index in [1.165, 1.54) is 0 Å². The van der Waals surface area contributed by atoms with Crippen molar-refractivity contribution in [3.63, 3.8) is 0 Å². The van der Waals surface area contributed by atoms with Crippen molar-refractivity contribution in [2.24, 2.45) is 16.6 Å². The zero-order valence-electron chi connectivity index (χ0n) is 14.5. The van der Waals surface area contributed by atoms with Gasteiger partial charge in [0.2, 0.25) is 0 Å². The number of nitrogens with zero attached hydrogens (tertiary/aromatic N) is 2. The van der Waals surface area contributed by atoms with Gasteiger partial charge in [0.05, 0.1) is 14.2 Å². The Bertz CT molecular complexity index is 523. The predicted octanol–water partition coefficient (Wildman–Crippen LogP) is 1.84. The normalized spacial score (nSPS) is 18.4. The molecule has 1 unspecified atom stereocenters. The summed E-state index contributed by atoms with van der Waals surface area (Å²) < 4.78 is 10.7. The first kappa shape index (κ1) is 17.2. The number of anilines is 1. The molecule has 0 aromatic heterocycles. The highest BCUT2D eigenvalue weighted by molar-refractivity contribution is 5.78. The van der Waals surface area contributed by atoms with Gasteiger partial charge in [0.1, 0.15) is 11.5 Å². The summed E-state index contributed by atoms with van der Waals surface area (Å²) in [4.78, 5) is 6.79. The van der Waals surface area contributed by atoms with Gasteiger partial charge in [-0.05, 0) is 26.2 Å². The van der Waals surface area contributed by atoms with Gasteiger partial charge >= 0.3 is 0 Å². The Morgan fingerprint density at radius 2 is 1.96 bits per heavy atom. The minimum atomic E-state index is 0.308.